The molecular formula is C8H10N5O3+. The van der Waals surface area contributed by atoms with Crippen molar-refractivity contribution in [1.29, 1.82) is 0 Å². The molecule has 0 spiro atoms. The molecule has 0 aliphatic heterocycles. The molecule has 0 aliphatic carbocycles. The number of non-ortho nitro benzene ring substituents is 1. The molecule has 1 rings (SSSR count). The molecule has 6 N–H and O–H groups in total. The van der Waals surface area contributed by atoms with E-state index >= 15 is 0 Å². The van der Waals surface area contributed by atoms with Crippen molar-refractivity contribution in [3.05, 3.63) is 33.9 Å². The minimum absolute atomic E-state index is 0.121. The van der Waals surface area contributed by atoms with E-state index in [1.54, 1.807) is 0 Å². The van der Waals surface area contributed by atoms with E-state index in [0.717, 1.165) is 0 Å². The maximum absolute atomic E-state index is 10.5. The zero-order valence-corrected chi connectivity index (χ0v) is 8.12. The van der Waals surface area contributed by atoms with Crippen molar-refractivity contribution < 1.29 is 15.1 Å². The lowest BCUT2D eigenvalue weighted by molar-refractivity contribution is -0.456. The van der Waals surface area contributed by atoms with Gasteiger partial charge < -0.3 is 16.6 Å². The fourth-order valence-electron chi connectivity index (χ4n) is 0.947. The van der Waals surface area contributed by atoms with Crippen molar-refractivity contribution in [2.24, 2.45) is 16.6 Å². The average Bonchev–Trinajstić information content (AvgIpc) is 2.20. The van der Waals surface area contributed by atoms with Crippen molar-refractivity contribution >= 4 is 17.9 Å². The topological polar surface area (TPSA) is 142 Å². The average molecular weight is 224 g/mol. The summed E-state index contributed by atoms with van der Waals surface area (Å²) in [5.74, 6) is -0.315. The fourth-order valence-corrected chi connectivity index (χ4v) is 0.947. The van der Waals surface area contributed by atoms with Crippen LogP contribution in [0.25, 0.3) is 0 Å². The number of nitro benzene ring substituents is 1. The van der Waals surface area contributed by atoms with E-state index in [9.17, 15) is 15.2 Å². The number of nitro groups is 1. The summed E-state index contributed by atoms with van der Waals surface area (Å²) in [5.41, 5.74) is 10.2. The van der Waals surface area contributed by atoms with E-state index in [1.807, 2.05) is 0 Å². The monoisotopic (exact) mass is 224 g/mol. The summed E-state index contributed by atoms with van der Waals surface area (Å²) in [4.78, 5) is 9.90. The van der Waals surface area contributed by atoms with Crippen LogP contribution in [0, 0.1) is 10.1 Å². The molecule has 84 valence electrons. The van der Waals surface area contributed by atoms with Gasteiger partial charge in [0.25, 0.3) is 11.6 Å². The maximum atomic E-state index is 10.5. The van der Waals surface area contributed by atoms with Crippen LogP contribution in [0.1, 0.15) is 5.56 Å². The third-order valence-corrected chi connectivity index (χ3v) is 1.64. The second kappa shape index (κ2) is 4.73. The van der Waals surface area contributed by atoms with Crippen LogP contribution in [0.2, 0.25) is 0 Å². The first-order chi connectivity index (χ1) is 7.50. The normalized spacial score (nSPS) is 10.2. The lowest BCUT2D eigenvalue weighted by atomic mass is 10.2. The number of phenolic OH excluding ortho intramolecular Hbond substituents is 1. The SMILES string of the molecule is NC(N)=N/[NH+]=C/c1cc([N+](=O)[O-])ccc1O. The summed E-state index contributed by atoms with van der Waals surface area (Å²) in [6, 6.07) is 3.58. The number of guanidine groups is 1. The molecule has 0 saturated carbocycles. The number of benzene rings is 1. The zero-order valence-electron chi connectivity index (χ0n) is 8.12. The Morgan fingerprint density at radius 1 is 1.56 bits per heavy atom. The molecule has 0 bridgehead atoms. The van der Waals surface area contributed by atoms with Crippen molar-refractivity contribution in [3.8, 4) is 5.75 Å². The van der Waals surface area contributed by atoms with Crippen LogP contribution in [-0.2, 0) is 0 Å². The molecule has 16 heavy (non-hydrogen) atoms. The van der Waals surface area contributed by atoms with Crippen molar-refractivity contribution in [2.45, 2.75) is 0 Å². The van der Waals surface area contributed by atoms with E-state index < -0.39 is 4.92 Å². The maximum Gasteiger partial charge on any atom is 0.270 e. The highest BCUT2D eigenvalue weighted by Gasteiger charge is 2.10. The molecule has 0 aromatic heterocycles. The summed E-state index contributed by atoms with van der Waals surface area (Å²) < 4.78 is 0. The highest BCUT2D eigenvalue weighted by Crippen LogP contribution is 2.20. The van der Waals surface area contributed by atoms with Crippen LogP contribution in [0.3, 0.4) is 0 Å². The molecule has 0 atom stereocenters. The number of nitrogens with zero attached hydrogens (tertiary/aromatic N) is 2. The lowest BCUT2D eigenvalue weighted by Gasteiger charge is -1.95. The molecule has 0 heterocycles. The van der Waals surface area contributed by atoms with Crippen LogP contribution >= 0.6 is 0 Å². The number of hydrogen-bond donors (Lipinski definition) is 4. The van der Waals surface area contributed by atoms with Gasteiger partial charge >= 0.3 is 0 Å². The van der Waals surface area contributed by atoms with Crippen LogP contribution in [0.4, 0.5) is 5.69 Å². The fraction of sp³-hybridized carbons (Fsp3) is 0. The first-order valence-electron chi connectivity index (χ1n) is 4.15. The van der Waals surface area contributed by atoms with Gasteiger partial charge in [-0.25, -0.2) is 0 Å². The number of nitrogens with one attached hydrogen (secondary N) is 1. The summed E-state index contributed by atoms with van der Waals surface area (Å²) in [6.45, 7) is 0. The second-order valence-electron chi connectivity index (χ2n) is 2.81. The molecule has 8 nitrogen and oxygen atoms in total. The number of nitrogens with two attached hydrogens (primary N) is 2. The molecular weight excluding hydrogens is 214 g/mol. The van der Waals surface area contributed by atoms with Crippen molar-refractivity contribution in [3.63, 3.8) is 0 Å². The summed E-state index contributed by atoms with van der Waals surface area (Å²) in [6.07, 6.45) is 1.24. The molecule has 0 fully saturated rings. The van der Waals surface area contributed by atoms with Gasteiger partial charge in [0.15, 0.2) is 0 Å². The smallest absolute Gasteiger partial charge is 0.270 e. The first-order valence-corrected chi connectivity index (χ1v) is 4.15. The number of hydrazone groups is 1. The highest BCUT2D eigenvalue weighted by atomic mass is 16.6. The predicted molar refractivity (Wildman–Crippen MR) is 56.7 cm³/mol. The molecule has 1 aromatic carbocycles. The van der Waals surface area contributed by atoms with E-state index in [-0.39, 0.29) is 23.0 Å². The Morgan fingerprint density at radius 3 is 2.81 bits per heavy atom. The third-order valence-electron chi connectivity index (χ3n) is 1.64. The molecule has 0 unspecified atom stereocenters. The van der Waals surface area contributed by atoms with Crippen LogP contribution in [-0.4, -0.2) is 22.2 Å². The van der Waals surface area contributed by atoms with Crippen molar-refractivity contribution in [2.75, 3.05) is 0 Å². The van der Waals surface area contributed by atoms with Gasteiger partial charge in [0.05, 0.1) is 10.5 Å². The minimum Gasteiger partial charge on any atom is -0.507 e. The summed E-state index contributed by atoms with van der Waals surface area (Å²) in [7, 11) is 0. The van der Waals surface area contributed by atoms with E-state index in [2.05, 4.69) is 10.2 Å². The van der Waals surface area contributed by atoms with Gasteiger partial charge in [0.1, 0.15) is 5.75 Å². The molecule has 0 amide bonds. The molecule has 0 aliphatic rings. The standard InChI is InChI=1S/C8H9N5O3/c9-8(10)12-11-4-5-3-6(13(15)16)1-2-7(5)14/h1-4,14H,(H4,9,10,12)/p+1/b11-4+. The Balaban J connectivity index is 3.03. The minimum atomic E-state index is -0.572. The van der Waals surface area contributed by atoms with Gasteiger partial charge in [-0.2, -0.15) is 0 Å². The number of rotatable bonds is 3. The van der Waals surface area contributed by atoms with E-state index in [1.165, 1.54) is 24.4 Å². The van der Waals surface area contributed by atoms with Gasteiger partial charge in [-0.05, 0) is 6.07 Å². The van der Waals surface area contributed by atoms with Gasteiger partial charge in [-0.3, -0.25) is 10.1 Å². The van der Waals surface area contributed by atoms with Gasteiger partial charge in [-0.1, -0.05) is 0 Å². The first kappa shape index (κ1) is 11.4. The Hall–Kier alpha value is -2.64. The van der Waals surface area contributed by atoms with Crippen LogP contribution < -0.4 is 16.6 Å². The largest absolute Gasteiger partial charge is 0.507 e. The number of hydrogen-bond acceptors (Lipinski definition) is 4. The highest BCUT2D eigenvalue weighted by molar-refractivity contribution is 5.81. The lowest BCUT2D eigenvalue weighted by Crippen LogP contribution is -2.63. The second-order valence-corrected chi connectivity index (χ2v) is 2.81. The van der Waals surface area contributed by atoms with Crippen molar-refractivity contribution in [1.82, 2.24) is 0 Å². The van der Waals surface area contributed by atoms with Gasteiger partial charge in [0.2, 0.25) is 6.21 Å². The summed E-state index contributed by atoms with van der Waals surface area (Å²) in [5, 5.41) is 25.6. The Labute approximate surface area is 90.0 Å². The molecule has 8 heteroatoms. The molecule has 0 saturated heterocycles. The Bertz CT molecular complexity index is 465. The molecule has 0 radical (unpaired) electrons. The van der Waals surface area contributed by atoms with Gasteiger partial charge in [-0.15, -0.1) is 5.10 Å². The Kier molecular flexibility index (Phi) is 3.38. The number of phenols is 1. The van der Waals surface area contributed by atoms with E-state index in [0.29, 0.717) is 0 Å². The number of aromatic hydroxyl groups is 1. The van der Waals surface area contributed by atoms with Gasteiger partial charge in [0, 0.05) is 17.2 Å². The molecule has 1 aromatic rings. The van der Waals surface area contributed by atoms with Crippen LogP contribution in [0.5, 0.6) is 5.75 Å². The van der Waals surface area contributed by atoms with E-state index in [4.69, 9.17) is 11.5 Å². The quantitative estimate of drug-likeness (QED) is 0.203. The zero-order chi connectivity index (χ0) is 12.1. The summed E-state index contributed by atoms with van der Waals surface area (Å²) >= 11 is 0. The predicted octanol–water partition coefficient (Wildman–Crippen LogP) is -2.01. The third kappa shape index (κ3) is 2.94. The van der Waals surface area contributed by atoms with Crippen LogP contribution in [0.15, 0.2) is 23.3 Å². The Morgan fingerprint density at radius 2 is 2.25 bits per heavy atom.